The summed E-state index contributed by atoms with van der Waals surface area (Å²) in [5, 5.41) is 0. The van der Waals surface area contributed by atoms with Crippen molar-refractivity contribution in [3.63, 3.8) is 0 Å². The average molecular weight is 280 g/mol. The Morgan fingerprint density at radius 1 is 0.778 bits per heavy atom. The van der Waals surface area contributed by atoms with Crippen LogP contribution in [0.15, 0.2) is 0 Å². The number of hydrogen-bond acceptors (Lipinski definition) is 3. The maximum atomic E-state index is 10.4. The van der Waals surface area contributed by atoms with Crippen molar-refractivity contribution >= 4 is 16.9 Å². The topological polar surface area (TPSA) is 71.4 Å². The van der Waals surface area contributed by atoms with Crippen LogP contribution in [0.1, 0.15) is 71.1 Å². The van der Waals surface area contributed by atoms with E-state index in [-0.39, 0.29) is 5.75 Å². The van der Waals surface area contributed by atoms with Crippen molar-refractivity contribution in [2.24, 2.45) is 0 Å². The lowest BCUT2D eigenvalue weighted by atomic mass is 10.1. The Morgan fingerprint density at radius 3 is 1.44 bits per heavy atom. The van der Waals surface area contributed by atoms with Crippen molar-refractivity contribution in [2.75, 3.05) is 5.75 Å². The summed E-state index contributed by atoms with van der Waals surface area (Å²) in [6.45, 7) is 4.22. The van der Waals surface area contributed by atoms with Crippen molar-refractivity contribution in [1.29, 1.82) is 0 Å². The lowest BCUT2D eigenvalue weighted by Crippen LogP contribution is -2.03. The second kappa shape index (κ2) is 14.6. The van der Waals surface area contributed by atoms with Crippen molar-refractivity contribution < 1.29 is 17.8 Å². The van der Waals surface area contributed by atoms with Gasteiger partial charge in [0.05, 0.1) is 5.75 Å². The van der Waals surface area contributed by atoms with Gasteiger partial charge in [0.2, 0.25) is 0 Å². The molecule has 0 aromatic heterocycles. The lowest BCUT2D eigenvalue weighted by Gasteiger charge is -2.01. The molecule has 0 amide bonds. The highest BCUT2D eigenvalue weighted by Crippen LogP contribution is 2.10. The average Bonchev–Trinajstić information content (AvgIpc) is 2.33. The van der Waals surface area contributed by atoms with Crippen LogP contribution in [0.5, 0.6) is 0 Å². The molecule has 0 aliphatic rings. The van der Waals surface area contributed by atoms with E-state index in [9.17, 15) is 8.42 Å². The minimum absolute atomic E-state index is 0.0799. The maximum Gasteiger partial charge on any atom is 0.264 e. The van der Waals surface area contributed by atoms with E-state index in [0.717, 1.165) is 12.8 Å². The van der Waals surface area contributed by atoms with E-state index in [1.165, 1.54) is 44.9 Å². The van der Waals surface area contributed by atoms with Gasteiger partial charge in [-0.25, -0.2) is 0 Å². The van der Waals surface area contributed by atoms with Gasteiger partial charge in [0.1, 0.15) is 6.79 Å². The molecule has 18 heavy (non-hydrogen) atoms. The molecule has 1 N–H and O–H groups in total. The molecule has 0 radical (unpaired) electrons. The Hall–Kier alpha value is -0.420. The van der Waals surface area contributed by atoms with Crippen LogP contribution in [0.4, 0.5) is 0 Å². The van der Waals surface area contributed by atoms with E-state index in [0.29, 0.717) is 6.42 Å². The SMILES string of the molecule is C=O.CCCCCCCCCCCCS(=O)(=O)O. The Kier molecular flexibility index (Phi) is 16.2. The van der Waals surface area contributed by atoms with Crippen LogP contribution in [-0.4, -0.2) is 25.5 Å². The molecule has 0 heterocycles. The number of rotatable bonds is 11. The predicted molar refractivity (Wildman–Crippen MR) is 75.4 cm³/mol. The molecule has 0 saturated carbocycles. The zero-order valence-electron chi connectivity index (χ0n) is 11.6. The molecule has 0 bridgehead atoms. The van der Waals surface area contributed by atoms with E-state index in [1.54, 1.807) is 0 Å². The molecule has 5 heteroatoms. The molecule has 0 spiro atoms. The molecule has 0 fully saturated rings. The summed E-state index contributed by atoms with van der Waals surface area (Å²) in [5.74, 6) is -0.0799. The monoisotopic (exact) mass is 280 g/mol. The summed E-state index contributed by atoms with van der Waals surface area (Å²) >= 11 is 0. The van der Waals surface area contributed by atoms with Crippen molar-refractivity contribution in [2.45, 2.75) is 71.1 Å². The summed E-state index contributed by atoms with van der Waals surface area (Å²) in [7, 11) is -3.73. The fourth-order valence-corrected chi connectivity index (χ4v) is 2.34. The maximum absolute atomic E-state index is 10.4. The molecule has 0 unspecified atom stereocenters. The zero-order chi connectivity index (χ0) is 14.3. The standard InChI is InChI=1S/C12H26O3S.CH2O/c1-2-3-4-5-6-7-8-9-10-11-12-16(13,14)15;1-2/h2-12H2,1H3,(H,13,14,15);1H2. The van der Waals surface area contributed by atoms with E-state index < -0.39 is 10.1 Å². The van der Waals surface area contributed by atoms with E-state index in [1.807, 2.05) is 6.79 Å². The lowest BCUT2D eigenvalue weighted by molar-refractivity contribution is -0.0979. The van der Waals surface area contributed by atoms with Gasteiger partial charge in [-0.3, -0.25) is 4.55 Å². The third kappa shape index (κ3) is 20.9. The van der Waals surface area contributed by atoms with Gasteiger partial charge in [-0.05, 0) is 6.42 Å². The van der Waals surface area contributed by atoms with Gasteiger partial charge < -0.3 is 4.79 Å². The largest absolute Gasteiger partial charge is 0.307 e. The molecule has 110 valence electrons. The van der Waals surface area contributed by atoms with Gasteiger partial charge in [-0.2, -0.15) is 8.42 Å². The third-order valence-electron chi connectivity index (χ3n) is 2.76. The quantitative estimate of drug-likeness (QED) is 0.463. The van der Waals surface area contributed by atoms with Gasteiger partial charge >= 0.3 is 0 Å². The zero-order valence-corrected chi connectivity index (χ0v) is 12.4. The highest BCUT2D eigenvalue weighted by Gasteiger charge is 2.02. The molecular formula is C13H28O4S. The Morgan fingerprint density at radius 2 is 1.11 bits per heavy atom. The van der Waals surface area contributed by atoms with Gasteiger partial charge in [0.15, 0.2) is 0 Å². The third-order valence-corrected chi connectivity index (χ3v) is 3.56. The molecule has 0 atom stereocenters. The van der Waals surface area contributed by atoms with Crippen LogP contribution >= 0.6 is 0 Å². The highest BCUT2D eigenvalue weighted by molar-refractivity contribution is 7.85. The molecule has 0 aliphatic heterocycles. The minimum Gasteiger partial charge on any atom is -0.307 e. The minimum atomic E-state index is -3.73. The molecule has 0 rings (SSSR count). The van der Waals surface area contributed by atoms with Gasteiger partial charge in [0.25, 0.3) is 10.1 Å². The fraction of sp³-hybridized carbons (Fsp3) is 0.923. The summed E-state index contributed by atoms with van der Waals surface area (Å²) in [4.78, 5) is 8.00. The summed E-state index contributed by atoms with van der Waals surface area (Å²) in [5.41, 5.74) is 0. The predicted octanol–water partition coefficient (Wildman–Crippen LogP) is 3.61. The molecule has 0 aromatic carbocycles. The Bertz CT molecular complexity index is 250. The van der Waals surface area contributed by atoms with Crippen molar-refractivity contribution in [1.82, 2.24) is 0 Å². The number of unbranched alkanes of at least 4 members (excludes halogenated alkanes) is 9. The first kappa shape index (κ1) is 19.9. The highest BCUT2D eigenvalue weighted by atomic mass is 32.2. The van der Waals surface area contributed by atoms with Crippen LogP contribution < -0.4 is 0 Å². The molecule has 0 aliphatic carbocycles. The molecule has 0 saturated heterocycles. The Balaban J connectivity index is 0. The first-order chi connectivity index (χ1) is 8.56. The van der Waals surface area contributed by atoms with Crippen LogP contribution in [0.25, 0.3) is 0 Å². The van der Waals surface area contributed by atoms with Crippen LogP contribution in [-0.2, 0) is 14.9 Å². The second-order valence-electron chi connectivity index (χ2n) is 4.47. The van der Waals surface area contributed by atoms with Gasteiger partial charge in [-0.1, -0.05) is 64.7 Å². The number of carbonyl (C=O) groups excluding carboxylic acids is 1. The number of carbonyl (C=O) groups is 1. The Labute approximate surface area is 112 Å². The van der Waals surface area contributed by atoms with Gasteiger partial charge in [-0.15, -0.1) is 0 Å². The summed E-state index contributed by atoms with van der Waals surface area (Å²) < 4.78 is 29.4. The van der Waals surface area contributed by atoms with E-state index >= 15 is 0 Å². The van der Waals surface area contributed by atoms with E-state index in [2.05, 4.69) is 6.92 Å². The summed E-state index contributed by atoms with van der Waals surface area (Å²) in [6.07, 6.45) is 11.7. The van der Waals surface area contributed by atoms with Crippen LogP contribution in [0, 0.1) is 0 Å². The van der Waals surface area contributed by atoms with E-state index in [4.69, 9.17) is 9.35 Å². The smallest absolute Gasteiger partial charge is 0.264 e. The normalized spacial score (nSPS) is 10.8. The van der Waals surface area contributed by atoms with Crippen LogP contribution in [0.3, 0.4) is 0 Å². The molecule has 0 aromatic rings. The fourth-order valence-electron chi connectivity index (χ4n) is 1.77. The summed E-state index contributed by atoms with van der Waals surface area (Å²) in [6, 6.07) is 0. The molecular weight excluding hydrogens is 252 g/mol. The second-order valence-corrected chi connectivity index (χ2v) is 6.04. The number of hydrogen-bond donors (Lipinski definition) is 1. The van der Waals surface area contributed by atoms with Crippen LogP contribution in [0.2, 0.25) is 0 Å². The first-order valence-electron chi connectivity index (χ1n) is 6.80. The molecule has 4 nitrogen and oxygen atoms in total. The first-order valence-corrected chi connectivity index (χ1v) is 8.41. The van der Waals surface area contributed by atoms with Gasteiger partial charge in [0, 0.05) is 0 Å². The van der Waals surface area contributed by atoms with Crippen molar-refractivity contribution in [3.05, 3.63) is 0 Å². The van der Waals surface area contributed by atoms with Crippen molar-refractivity contribution in [3.8, 4) is 0 Å².